The molecule has 1 aliphatic rings. The van der Waals surface area contributed by atoms with E-state index in [0.717, 1.165) is 4.88 Å². The third kappa shape index (κ3) is 3.93. The maximum Gasteiger partial charge on any atom is 0.281 e. The molecule has 0 N–H and O–H groups in total. The number of amides is 1. The van der Waals surface area contributed by atoms with Crippen molar-refractivity contribution >= 4 is 43.4 Å². The molecule has 0 bridgehead atoms. The van der Waals surface area contributed by atoms with Gasteiger partial charge >= 0.3 is 0 Å². The third-order valence-electron chi connectivity index (χ3n) is 3.67. The molecule has 0 unspecified atom stereocenters. The topological polar surface area (TPSA) is 73.8 Å². The highest BCUT2D eigenvalue weighted by atomic mass is 79.9. The van der Waals surface area contributed by atoms with E-state index in [1.165, 1.54) is 34.0 Å². The Hall–Kier alpha value is -0.550. The van der Waals surface area contributed by atoms with Gasteiger partial charge in [0.2, 0.25) is 0 Å². The number of nitrogens with zero attached hydrogens (tertiary/aromatic N) is 4. The van der Waals surface area contributed by atoms with E-state index < -0.39 is 10.2 Å². The quantitative estimate of drug-likeness (QED) is 0.735. The van der Waals surface area contributed by atoms with Gasteiger partial charge in [0.1, 0.15) is 5.69 Å². The van der Waals surface area contributed by atoms with Gasteiger partial charge in [-0.25, -0.2) is 4.98 Å². The molecule has 0 saturated carbocycles. The number of hydrogen-bond acceptors (Lipinski definition) is 5. The van der Waals surface area contributed by atoms with Crippen LogP contribution in [0.25, 0.3) is 0 Å². The average molecular weight is 425 g/mol. The summed E-state index contributed by atoms with van der Waals surface area (Å²) in [5.74, 6) is 0.0886. The van der Waals surface area contributed by atoms with Gasteiger partial charge < -0.3 is 4.90 Å². The van der Waals surface area contributed by atoms with Crippen molar-refractivity contribution in [3.05, 3.63) is 14.5 Å². The molecule has 0 spiro atoms. The minimum atomic E-state index is -3.42. The molecule has 1 saturated heterocycles. The van der Waals surface area contributed by atoms with Crippen LogP contribution in [0.2, 0.25) is 0 Å². The standard InChI is InChI=1S/C13H21BrN4O3S2/c1-9(2)11-10(15-13(14)22-11)12(19)17-5-7-18(8-6-17)23(20,21)16(3)4/h9H,5-8H2,1-4H3. The lowest BCUT2D eigenvalue weighted by atomic mass is 10.1. The molecule has 130 valence electrons. The molecule has 2 heterocycles. The van der Waals surface area contributed by atoms with Crippen LogP contribution in [0.5, 0.6) is 0 Å². The molecule has 1 aromatic rings. The highest BCUT2D eigenvalue weighted by Gasteiger charge is 2.32. The Morgan fingerprint density at radius 2 is 1.83 bits per heavy atom. The van der Waals surface area contributed by atoms with Gasteiger partial charge in [0.25, 0.3) is 16.1 Å². The Balaban J connectivity index is 2.10. The normalized spacial score (nSPS) is 17.3. The van der Waals surface area contributed by atoms with Crippen molar-refractivity contribution in [2.75, 3.05) is 40.3 Å². The van der Waals surface area contributed by atoms with E-state index in [1.54, 1.807) is 4.90 Å². The number of hydrogen-bond donors (Lipinski definition) is 0. The lowest BCUT2D eigenvalue weighted by Gasteiger charge is -2.35. The Morgan fingerprint density at radius 3 is 2.30 bits per heavy atom. The molecule has 2 rings (SSSR count). The van der Waals surface area contributed by atoms with E-state index in [1.807, 2.05) is 13.8 Å². The monoisotopic (exact) mass is 424 g/mol. The molecule has 1 aliphatic heterocycles. The van der Waals surface area contributed by atoms with Gasteiger partial charge in [-0.2, -0.15) is 17.0 Å². The molecule has 0 radical (unpaired) electrons. The summed E-state index contributed by atoms with van der Waals surface area (Å²) in [6.45, 7) is 5.40. The average Bonchev–Trinajstić information content (AvgIpc) is 2.88. The summed E-state index contributed by atoms with van der Waals surface area (Å²) in [4.78, 5) is 19.6. The van der Waals surface area contributed by atoms with E-state index in [4.69, 9.17) is 0 Å². The second kappa shape index (κ2) is 7.14. The molecular formula is C13H21BrN4O3S2. The summed E-state index contributed by atoms with van der Waals surface area (Å²) >= 11 is 4.81. The molecule has 10 heteroatoms. The van der Waals surface area contributed by atoms with Crippen molar-refractivity contribution in [1.82, 2.24) is 18.5 Å². The number of thiazole rings is 1. The van der Waals surface area contributed by atoms with Crippen LogP contribution in [-0.4, -0.2) is 73.1 Å². The molecule has 0 atom stereocenters. The van der Waals surface area contributed by atoms with E-state index in [0.29, 0.717) is 35.8 Å². The van der Waals surface area contributed by atoms with Gasteiger partial charge in [0.05, 0.1) is 0 Å². The number of halogens is 1. The van der Waals surface area contributed by atoms with E-state index in [2.05, 4.69) is 20.9 Å². The van der Waals surface area contributed by atoms with Gasteiger partial charge in [-0.05, 0) is 21.8 Å². The van der Waals surface area contributed by atoms with Crippen molar-refractivity contribution in [3.63, 3.8) is 0 Å². The first-order valence-corrected chi connectivity index (χ1v) is 10.3. The van der Waals surface area contributed by atoms with Crippen LogP contribution in [0.1, 0.15) is 35.1 Å². The maximum atomic E-state index is 12.7. The van der Waals surface area contributed by atoms with E-state index in [9.17, 15) is 13.2 Å². The summed E-state index contributed by atoms with van der Waals surface area (Å²) in [6.07, 6.45) is 0. The Kier molecular flexibility index (Phi) is 5.83. The molecule has 1 aromatic heterocycles. The fraction of sp³-hybridized carbons (Fsp3) is 0.692. The van der Waals surface area contributed by atoms with Crippen molar-refractivity contribution in [1.29, 1.82) is 0 Å². The second-order valence-corrected chi connectivity index (χ2v) is 10.3. The highest BCUT2D eigenvalue weighted by Crippen LogP contribution is 2.30. The Bertz CT molecular complexity index is 679. The predicted molar refractivity (Wildman–Crippen MR) is 94.0 cm³/mol. The largest absolute Gasteiger partial charge is 0.335 e. The van der Waals surface area contributed by atoms with Gasteiger partial charge in [0.15, 0.2) is 3.92 Å². The maximum absolute atomic E-state index is 12.7. The van der Waals surface area contributed by atoms with Crippen molar-refractivity contribution in [2.45, 2.75) is 19.8 Å². The van der Waals surface area contributed by atoms with Crippen LogP contribution in [-0.2, 0) is 10.2 Å². The third-order valence-corrected chi connectivity index (χ3v) is 7.42. The van der Waals surface area contributed by atoms with Crippen molar-refractivity contribution < 1.29 is 13.2 Å². The first-order valence-electron chi connectivity index (χ1n) is 7.27. The zero-order valence-corrected chi connectivity index (χ0v) is 16.8. The fourth-order valence-electron chi connectivity index (χ4n) is 2.35. The Morgan fingerprint density at radius 1 is 1.26 bits per heavy atom. The van der Waals surface area contributed by atoms with E-state index in [-0.39, 0.29) is 11.8 Å². The molecule has 7 nitrogen and oxygen atoms in total. The van der Waals surface area contributed by atoms with Crippen LogP contribution in [0.3, 0.4) is 0 Å². The van der Waals surface area contributed by atoms with Crippen molar-refractivity contribution in [2.24, 2.45) is 0 Å². The fourth-order valence-corrected chi connectivity index (χ4v) is 4.92. The summed E-state index contributed by atoms with van der Waals surface area (Å²) in [6, 6.07) is 0. The molecule has 1 amide bonds. The lowest BCUT2D eigenvalue weighted by molar-refractivity contribution is 0.0688. The predicted octanol–water partition coefficient (Wildman–Crippen LogP) is 1.59. The zero-order chi connectivity index (χ0) is 17.4. The minimum absolute atomic E-state index is 0.127. The molecular weight excluding hydrogens is 404 g/mol. The first kappa shape index (κ1) is 18.8. The van der Waals surface area contributed by atoms with Crippen LogP contribution in [0, 0.1) is 0 Å². The number of carbonyl (C=O) groups is 1. The zero-order valence-electron chi connectivity index (χ0n) is 13.6. The van der Waals surface area contributed by atoms with Crippen LogP contribution >= 0.6 is 27.3 Å². The number of aromatic nitrogens is 1. The van der Waals surface area contributed by atoms with Gasteiger partial charge in [-0.3, -0.25) is 4.79 Å². The smallest absolute Gasteiger partial charge is 0.281 e. The minimum Gasteiger partial charge on any atom is -0.335 e. The van der Waals surface area contributed by atoms with Gasteiger partial charge in [0, 0.05) is 45.2 Å². The summed E-state index contributed by atoms with van der Waals surface area (Å²) in [5.41, 5.74) is 0.473. The van der Waals surface area contributed by atoms with Crippen molar-refractivity contribution in [3.8, 4) is 0 Å². The second-order valence-electron chi connectivity index (χ2n) is 5.82. The van der Waals surface area contributed by atoms with Crippen LogP contribution < -0.4 is 0 Å². The first-order chi connectivity index (χ1) is 10.6. The summed E-state index contributed by atoms with van der Waals surface area (Å²) < 4.78 is 27.5. The Labute approximate surface area is 149 Å². The van der Waals surface area contributed by atoms with Crippen LogP contribution in [0.15, 0.2) is 3.92 Å². The highest BCUT2D eigenvalue weighted by molar-refractivity contribution is 9.11. The number of carbonyl (C=O) groups excluding carboxylic acids is 1. The van der Waals surface area contributed by atoms with Crippen LogP contribution in [0.4, 0.5) is 0 Å². The van der Waals surface area contributed by atoms with E-state index >= 15 is 0 Å². The van der Waals surface area contributed by atoms with Gasteiger partial charge in [-0.15, -0.1) is 11.3 Å². The van der Waals surface area contributed by atoms with Gasteiger partial charge in [-0.1, -0.05) is 13.8 Å². The summed E-state index contributed by atoms with van der Waals surface area (Å²) in [5, 5.41) is 0. The number of rotatable bonds is 4. The lowest BCUT2D eigenvalue weighted by Crippen LogP contribution is -2.53. The molecule has 1 fully saturated rings. The number of piperazine rings is 1. The molecule has 0 aromatic carbocycles. The summed E-state index contributed by atoms with van der Waals surface area (Å²) in [7, 11) is -0.407. The molecule has 0 aliphatic carbocycles. The molecule has 23 heavy (non-hydrogen) atoms. The SMILES string of the molecule is CC(C)c1sc(Br)nc1C(=O)N1CCN(S(=O)(=O)N(C)C)CC1.